The Bertz CT molecular complexity index is 2350. The number of pyridine rings is 1. The fourth-order valence-corrected chi connectivity index (χ4v) is 8.32. The highest BCUT2D eigenvalue weighted by Crippen LogP contribution is 2.49. The monoisotopic (exact) mass is 820 g/mol. The molecule has 3 heterocycles. The number of carbonyl (C=O) groups excluding carboxylic acids is 1. The lowest BCUT2D eigenvalue weighted by atomic mass is 9.80. The van der Waals surface area contributed by atoms with Gasteiger partial charge in [0.2, 0.25) is 17.8 Å². The Morgan fingerprint density at radius 1 is 0.966 bits per heavy atom. The number of imidazole rings is 1. The maximum Gasteiger partial charge on any atom is 0.253 e. The van der Waals surface area contributed by atoms with Crippen LogP contribution in [0.1, 0.15) is 80.9 Å². The van der Waals surface area contributed by atoms with Gasteiger partial charge < -0.3 is 39.2 Å². The number of anilines is 2. The van der Waals surface area contributed by atoms with Crippen molar-refractivity contribution in [3.05, 3.63) is 93.3 Å². The van der Waals surface area contributed by atoms with E-state index in [-0.39, 0.29) is 43.7 Å². The van der Waals surface area contributed by atoms with E-state index in [4.69, 9.17) is 14.5 Å². The summed E-state index contributed by atoms with van der Waals surface area (Å²) in [5, 5.41) is 16.9. The minimum Gasteiger partial charge on any atom is -0.383 e. The molecule has 316 valence electrons. The molecule has 0 saturated heterocycles. The summed E-state index contributed by atoms with van der Waals surface area (Å²) in [6.07, 6.45) is 3.18. The lowest BCUT2D eigenvalue weighted by molar-refractivity contribution is -0.145. The Morgan fingerprint density at radius 2 is 1.68 bits per heavy atom. The smallest absolute Gasteiger partial charge is 0.253 e. The van der Waals surface area contributed by atoms with Gasteiger partial charge in [0, 0.05) is 88.3 Å². The summed E-state index contributed by atoms with van der Waals surface area (Å²) >= 11 is 0. The van der Waals surface area contributed by atoms with Gasteiger partial charge in [0.15, 0.2) is 0 Å². The first-order valence-corrected chi connectivity index (χ1v) is 19.9. The van der Waals surface area contributed by atoms with Crippen molar-refractivity contribution in [2.24, 2.45) is 13.0 Å². The molecule has 3 atom stereocenters. The number of methoxy groups -OCH3 is 1. The number of allylic oxidation sites excluding steroid dienone is 2. The maximum atomic E-state index is 14.2. The van der Waals surface area contributed by atoms with E-state index in [0.29, 0.717) is 34.9 Å². The Kier molecular flexibility index (Phi) is 11.6. The van der Waals surface area contributed by atoms with Crippen LogP contribution in [-0.4, -0.2) is 81.5 Å². The van der Waals surface area contributed by atoms with Crippen molar-refractivity contribution in [2.45, 2.75) is 96.1 Å². The van der Waals surface area contributed by atoms with E-state index in [0.717, 1.165) is 38.9 Å². The SMILES string of the molecule is COC[C@@H](C)n1c(C2CC(F)(F)C2)nc2c(COC[C@@H](C)Nc3cc(-c4cc(C)c(=O)n(C)c4)ccc3NC(=O)C3CC(F)(F)C3)cc(C3=CN(C)C(O)C(C)=C3)cc21. The average Bonchev–Trinajstić information content (AvgIpc) is 3.54. The minimum atomic E-state index is -2.85. The highest BCUT2D eigenvalue weighted by molar-refractivity contribution is 5.97. The van der Waals surface area contributed by atoms with E-state index in [1.807, 2.05) is 55.8 Å². The summed E-state index contributed by atoms with van der Waals surface area (Å²) in [5.74, 6) is -6.72. The van der Waals surface area contributed by atoms with Crippen molar-refractivity contribution < 1.29 is 36.9 Å². The maximum absolute atomic E-state index is 14.2. The summed E-state index contributed by atoms with van der Waals surface area (Å²) in [6.45, 7) is 8.13. The molecular weight excluding hydrogens is 769 g/mol. The van der Waals surface area contributed by atoms with Gasteiger partial charge in [-0.25, -0.2) is 22.5 Å². The second-order valence-electron chi connectivity index (χ2n) is 16.7. The van der Waals surface area contributed by atoms with Crippen LogP contribution in [0.5, 0.6) is 0 Å². The van der Waals surface area contributed by atoms with Gasteiger partial charge in [0.25, 0.3) is 5.56 Å². The number of aromatic nitrogens is 3. The predicted molar refractivity (Wildman–Crippen MR) is 220 cm³/mol. The number of alkyl halides is 4. The van der Waals surface area contributed by atoms with Crippen LogP contribution in [0.15, 0.2) is 65.2 Å². The Morgan fingerprint density at radius 3 is 2.32 bits per heavy atom. The van der Waals surface area contributed by atoms with E-state index in [1.54, 1.807) is 57.4 Å². The number of aliphatic hydroxyl groups excluding tert-OH is 1. The van der Waals surface area contributed by atoms with Crippen molar-refractivity contribution in [3.63, 3.8) is 0 Å². The molecule has 0 radical (unpaired) electrons. The van der Waals surface area contributed by atoms with Crippen LogP contribution in [0.3, 0.4) is 0 Å². The predicted octanol–water partition coefficient (Wildman–Crippen LogP) is 7.98. The number of benzene rings is 2. The number of likely N-dealkylation sites (N-methyl/N-ethyl adjacent to an activating group) is 1. The zero-order chi connectivity index (χ0) is 42.6. The van der Waals surface area contributed by atoms with Gasteiger partial charge >= 0.3 is 0 Å². The van der Waals surface area contributed by atoms with Crippen LogP contribution < -0.4 is 16.2 Å². The molecule has 0 bridgehead atoms. The standard InChI is InChI=1S/C44H52F4N6O5/c1-24-10-30(19-52(5)41(24)56)28-8-9-35(50-40(55)34-17-44(47,48)18-34)36(13-28)49-26(3)21-59-23-32-12-29(31-11-25(2)42(57)53(6)20-31)14-37-38(32)51-39(33-15-43(45,46)16-33)54(37)27(4)22-58-7/h8-14,19-20,26-27,33-34,42,49,57H,15-18,21-23H2,1-7H3,(H,50,55)/t26-,27-,42?/m1/s1. The molecule has 1 aliphatic heterocycles. The molecule has 7 rings (SSSR count). The van der Waals surface area contributed by atoms with Gasteiger partial charge in [-0.1, -0.05) is 6.07 Å². The number of hydrogen-bond donors (Lipinski definition) is 3. The zero-order valence-corrected chi connectivity index (χ0v) is 34.4. The Balaban J connectivity index is 1.18. The first-order valence-electron chi connectivity index (χ1n) is 19.9. The van der Waals surface area contributed by atoms with Crippen LogP contribution in [-0.2, 0) is 27.9 Å². The number of ether oxygens (including phenoxy) is 2. The topological polar surface area (TPSA) is 123 Å². The fourth-order valence-electron chi connectivity index (χ4n) is 8.32. The lowest BCUT2D eigenvalue weighted by Crippen LogP contribution is -2.42. The highest BCUT2D eigenvalue weighted by Gasteiger charge is 2.49. The number of aliphatic hydroxyl groups is 1. The molecule has 4 aromatic rings. The quantitative estimate of drug-likeness (QED) is 0.110. The van der Waals surface area contributed by atoms with Crippen molar-refractivity contribution in [3.8, 4) is 11.1 Å². The molecular formula is C44H52F4N6O5. The molecule has 1 amide bonds. The molecule has 2 saturated carbocycles. The second-order valence-corrected chi connectivity index (χ2v) is 16.7. The van der Waals surface area contributed by atoms with Crippen molar-refractivity contribution in [1.29, 1.82) is 0 Å². The van der Waals surface area contributed by atoms with Crippen LogP contribution >= 0.6 is 0 Å². The molecule has 0 spiro atoms. The van der Waals surface area contributed by atoms with Gasteiger partial charge in [-0.05, 0) is 91.9 Å². The number of nitrogens with zero attached hydrogens (tertiary/aromatic N) is 4. The first kappa shape index (κ1) is 42.1. The van der Waals surface area contributed by atoms with Crippen molar-refractivity contribution in [2.75, 3.05) is 38.0 Å². The normalized spacial score (nSPS) is 20.1. The third kappa shape index (κ3) is 8.83. The molecule has 2 aromatic carbocycles. The number of hydrogen-bond acceptors (Lipinski definition) is 8. The lowest BCUT2D eigenvalue weighted by Gasteiger charge is -2.35. The number of fused-ring (bicyclic) bond motifs is 1. The molecule has 3 N–H and O–H groups in total. The van der Waals surface area contributed by atoms with Crippen molar-refractivity contribution in [1.82, 2.24) is 19.0 Å². The molecule has 2 aromatic heterocycles. The molecule has 1 unspecified atom stereocenters. The van der Waals surface area contributed by atoms with Gasteiger partial charge in [0.05, 0.1) is 48.3 Å². The summed E-state index contributed by atoms with van der Waals surface area (Å²) in [5.41, 5.74) is 7.55. The van der Waals surface area contributed by atoms with Crippen LogP contribution in [0.25, 0.3) is 27.7 Å². The van der Waals surface area contributed by atoms with Gasteiger partial charge in [0.1, 0.15) is 12.1 Å². The molecule has 11 nitrogen and oxygen atoms in total. The molecule has 15 heteroatoms. The van der Waals surface area contributed by atoms with Crippen LogP contribution in [0.4, 0.5) is 28.9 Å². The van der Waals surface area contributed by atoms with Gasteiger partial charge in [-0.15, -0.1) is 0 Å². The summed E-state index contributed by atoms with van der Waals surface area (Å²) in [4.78, 5) is 32.2. The van der Waals surface area contributed by atoms with E-state index >= 15 is 0 Å². The number of amides is 1. The largest absolute Gasteiger partial charge is 0.383 e. The summed E-state index contributed by atoms with van der Waals surface area (Å²) in [7, 11) is 5.07. The highest BCUT2D eigenvalue weighted by atomic mass is 19.3. The summed E-state index contributed by atoms with van der Waals surface area (Å²) < 4.78 is 71.2. The first-order chi connectivity index (χ1) is 27.8. The second kappa shape index (κ2) is 16.2. The van der Waals surface area contributed by atoms with Crippen LogP contribution in [0, 0.1) is 12.8 Å². The average molecular weight is 821 g/mol. The number of aryl methyl sites for hydroxylation is 2. The molecule has 2 aliphatic carbocycles. The molecule has 2 fully saturated rings. The van der Waals surface area contributed by atoms with E-state index in [2.05, 4.69) is 10.6 Å². The van der Waals surface area contributed by atoms with E-state index in [1.165, 1.54) is 4.57 Å². The Labute approximate surface area is 340 Å². The fraction of sp³-hybridized carbons (Fsp3) is 0.477. The number of nitrogens with one attached hydrogen (secondary N) is 2. The minimum absolute atomic E-state index is 0.118. The van der Waals surface area contributed by atoms with Gasteiger partial charge in [-0.3, -0.25) is 9.59 Å². The van der Waals surface area contributed by atoms with E-state index in [9.17, 15) is 32.3 Å². The number of carbonyl (C=O) groups is 1. The Hall–Kier alpha value is -4.99. The van der Waals surface area contributed by atoms with E-state index < -0.39 is 48.7 Å². The zero-order valence-electron chi connectivity index (χ0n) is 34.4. The van der Waals surface area contributed by atoms with Gasteiger partial charge in [-0.2, -0.15) is 0 Å². The molecule has 59 heavy (non-hydrogen) atoms. The molecule has 3 aliphatic rings. The number of halogens is 4. The third-order valence-electron chi connectivity index (χ3n) is 11.5. The number of rotatable bonds is 14. The summed E-state index contributed by atoms with van der Waals surface area (Å²) in [6, 6.07) is 10.6. The third-order valence-corrected chi connectivity index (χ3v) is 11.5. The van der Waals surface area contributed by atoms with Crippen molar-refractivity contribution >= 4 is 33.9 Å². The van der Waals surface area contributed by atoms with Crippen LogP contribution in [0.2, 0.25) is 0 Å².